The summed E-state index contributed by atoms with van der Waals surface area (Å²) in [7, 11) is 4.88. The quantitative estimate of drug-likeness (QED) is 0.510. The maximum atomic E-state index is 11.9. The molecule has 2 aromatic carbocycles. The number of carbonyl (C=O) groups excluding carboxylic acids is 2. The number of nitrogens with zero attached hydrogens (tertiary/aromatic N) is 1. The number of cyclic esters (lactones) is 2. The maximum absolute atomic E-state index is 11.9. The smallest absolute Gasteiger partial charge is 0.421 e. The van der Waals surface area contributed by atoms with E-state index in [4.69, 9.17) is 18.9 Å². The molecule has 28 heavy (non-hydrogen) atoms. The van der Waals surface area contributed by atoms with Gasteiger partial charge in [-0.25, -0.2) is 14.5 Å². The van der Waals surface area contributed by atoms with E-state index in [0.29, 0.717) is 5.75 Å². The Balaban J connectivity index is 1.99. The van der Waals surface area contributed by atoms with Gasteiger partial charge in [0.2, 0.25) is 0 Å². The summed E-state index contributed by atoms with van der Waals surface area (Å²) in [6.45, 7) is 0.0795. The Morgan fingerprint density at radius 1 is 0.929 bits per heavy atom. The van der Waals surface area contributed by atoms with E-state index in [-0.39, 0.29) is 6.61 Å². The van der Waals surface area contributed by atoms with E-state index in [9.17, 15) is 9.59 Å². The van der Waals surface area contributed by atoms with Gasteiger partial charge >= 0.3 is 17.8 Å². The molecule has 0 aliphatic carbocycles. The molecule has 0 saturated carbocycles. The van der Waals surface area contributed by atoms with Crippen LogP contribution in [0.2, 0.25) is 0 Å². The van der Waals surface area contributed by atoms with Gasteiger partial charge in [-0.3, -0.25) is 0 Å². The monoisotopic (exact) mass is 385 g/mol. The molecule has 0 bridgehead atoms. The number of methoxy groups -OCH3 is 1. The average molecular weight is 385 g/mol. The third-order valence-electron chi connectivity index (χ3n) is 4.66. The normalized spacial score (nSPS) is 17.7. The number of ether oxygens (including phenoxy) is 4. The fraction of sp³-hybridized carbons (Fsp3) is 0.333. The molecule has 7 heteroatoms. The van der Waals surface area contributed by atoms with Crippen LogP contribution in [0.3, 0.4) is 0 Å². The lowest BCUT2D eigenvalue weighted by molar-refractivity contribution is -0.286. The number of benzene rings is 2. The van der Waals surface area contributed by atoms with Gasteiger partial charge in [0, 0.05) is 7.11 Å². The van der Waals surface area contributed by atoms with E-state index >= 15 is 0 Å². The van der Waals surface area contributed by atoms with Crippen LogP contribution in [0.1, 0.15) is 11.7 Å². The van der Waals surface area contributed by atoms with Crippen molar-refractivity contribution in [3.05, 3.63) is 66.2 Å². The SMILES string of the molecule is COC(c1ccccc1)C(COc1ccccc1)C1(N(C)C)OC(=O)C(=O)O1. The molecule has 1 aliphatic heterocycles. The number of esters is 2. The first-order valence-corrected chi connectivity index (χ1v) is 8.87. The van der Waals surface area contributed by atoms with Gasteiger partial charge in [0.25, 0.3) is 0 Å². The van der Waals surface area contributed by atoms with Crippen molar-refractivity contribution in [3.63, 3.8) is 0 Å². The van der Waals surface area contributed by atoms with E-state index in [2.05, 4.69) is 0 Å². The Bertz CT molecular complexity index is 792. The first-order chi connectivity index (χ1) is 13.5. The summed E-state index contributed by atoms with van der Waals surface area (Å²) in [5, 5.41) is 0. The van der Waals surface area contributed by atoms with Gasteiger partial charge in [-0.1, -0.05) is 48.5 Å². The highest BCUT2D eigenvalue weighted by Crippen LogP contribution is 2.41. The Labute approximate surface area is 163 Å². The van der Waals surface area contributed by atoms with Crippen molar-refractivity contribution in [3.8, 4) is 5.75 Å². The van der Waals surface area contributed by atoms with Crippen LogP contribution >= 0.6 is 0 Å². The molecule has 0 aromatic heterocycles. The fourth-order valence-electron chi connectivity index (χ4n) is 3.30. The van der Waals surface area contributed by atoms with Crippen molar-refractivity contribution in [2.45, 2.75) is 12.0 Å². The molecule has 1 fully saturated rings. The second-order valence-corrected chi connectivity index (χ2v) is 6.60. The average Bonchev–Trinajstić information content (AvgIpc) is 3.02. The Morgan fingerprint density at radius 2 is 1.46 bits per heavy atom. The Morgan fingerprint density at radius 3 is 1.96 bits per heavy atom. The van der Waals surface area contributed by atoms with Crippen molar-refractivity contribution in [2.75, 3.05) is 27.8 Å². The first kappa shape index (κ1) is 19.9. The second kappa shape index (κ2) is 8.41. The zero-order chi connectivity index (χ0) is 20.1. The summed E-state index contributed by atoms with van der Waals surface area (Å²) in [4.78, 5) is 25.4. The van der Waals surface area contributed by atoms with Gasteiger partial charge in [0.1, 0.15) is 18.3 Å². The zero-order valence-electron chi connectivity index (χ0n) is 16.0. The molecular weight excluding hydrogens is 362 g/mol. The standard InChI is InChI=1S/C21H23NO6/c1-22(2)21(27-19(23)20(24)28-21)17(14-26-16-12-8-5-9-13-16)18(25-3)15-10-6-4-7-11-15/h4-13,17-18H,14H2,1-3H3. The van der Waals surface area contributed by atoms with E-state index in [1.54, 1.807) is 26.1 Å². The molecule has 2 atom stereocenters. The lowest BCUT2D eigenvalue weighted by Gasteiger charge is -2.41. The summed E-state index contributed by atoms with van der Waals surface area (Å²) >= 11 is 0. The molecular formula is C21H23NO6. The minimum Gasteiger partial charge on any atom is -0.493 e. The van der Waals surface area contributed by atoms with Crippen LogP contribution in [0, 0.1) is 5.92 Å². The van der Waals surface area contributed by atoms with Gasteiger partial charge in [-0.15, -0.1) is 0 Å². The largest absolute Gasteiger partial charge is 0.493 e. The summed E-state index contributed by atoms with van der Waals surface area (Å²) in [5.74, 6) is -3.76. The van der Waals surface area contributed by atoms with Crippen LogP contribution in [-0.4, -0.2) is 50.6 Å². The van der Waals surface area contributed by atoms with Crippen molar-refractivity contribution in [1.82, 2.24) is 4.90 Å². The first-order valence-electron chi connectivity index (χ1n) is 8.87. The van der Waals surface area contributed by atoms with Gasteiger partial charge in [0.05, 0.1) is 6.10 Å². The topological polar surface area (TPSA) is 74.3 Å². The number of para-hydroxylation sites is 1. The van der Waals surface area contributed by atoms with Crippen LogP contribution in [0.15, 0.2) is 60.7 Å². The fourth-order valence-corrected chi connectivity index (χ4v) is 3.30. The van der Waals surface area contributed by atoms with Gasteiger partial charge in [-0.05, 0) is 31.8 Å². The van der Waals surface area contributed by atoms with E-state index in [1.807, 2.05) is 60.7 Å². The lowest BCUT2D eigenvalue weighted by Crippen LogP contribution is -2.56. The van der Waals surface area contributed by atoms with Crippen LogP contribution in [-0.2, 0) is 23.8 Å². The zero-order valence-corrected chi connectivity index (χ0v) is 16.0. The minimum absolute atomic E-state index is 0.0795. The van der Waals surface area contributed by atoms with Gasteiger partial charge in [0.15, 0.2) is 0 Å². The molecule has 2 aromatic rings. The Hall–Kier alpha value is -2.90. The third-order valence-corrected chi connectivity index (χ3v) is 4.66. The van der Waals surface area contributed by atoms with Crippen molar-refractivity contribution >= 4 is 11.9 Å². The van der Waals surface area contributed by atoms with Gasteiger partial charge < -0.3 is 18.9 Å². The van der Waals surface area contributed by atoms with E-state index < -0.39 is 29.9 Å². The number of hydrogen-bond acceptors (Lipinski definition) is 7. The predicted octanol–water partition coefficient (Wildman–Crippen LogP) is 2.38. The molecule has 0 radical (unpaired) electrons. The predicted molar refractivity (Wildman–Crippen MR) is 100 cm³/mol. The summed E-state index contributed by atoms with van der Waals surface area (Å²) < 4.78 is 22.6. The minimum atomic E-state index is -1.65. The number of carbonyl (C=O) groups is 2. The molecule has 1 heterocycles. The molecule has 1 aliphatic rings. The third kappa shape index (κ3) is 3.85. The molecule has 7 nitrogen and oxygen atoms in total. The summed E-state index contributed by atoms with van der Waals surface area (Å²) in [5.41, 5.74) is 0.840. The molecule has 1 saturated heterocycles. The highest BCUT2D eigenvalue weighted by molar-refractivity contribution is 6.31. The van der Waals surface area contributed by atoms with Crippen molar-refractivity contribution in [1.29, 1.82) is 0 Å². The molecule has 2 unspecified atom stereocenters. The second-order valence-electron chi connectivity index (χ2n) is 6.60. The molecule has 0 N–H and O–H groups in total. The molecule has 0 spiro atoms. The highest BCUT2D eigenvalue weighted by Gasteiger charge is 2.59. The van der Waals surface area contributed by atoms with Crippen molar-refractivity contribution in [2.24, 2.45) is 5.92 Å². The molecule has 3 rings (SSSR count). The van der Waals surface area contributed by atoms with E-state index in [1.165, 1.54) is 0 Å². The number of rotatable bonds is 8. The van der Waals surface area contributed by atoms with Crippen LogP contribution in [0.25, 0.3) is 0 Å². The molecule has 0 amide bonds. The van der Waals surface area contributed by atoms with Crippen LogP contribution < -0.4 is 4.74 Å². The van der Waals surface area contributed by atoms with Crippen LogP contribution in [0.4, 0.5) is 0 Å². The summed E-state index contributed by atoms with van der Waals surface area (Å²) in [6.07, 6.45) is -0.564. The van der Waals surface area contributed by atoms with Gasteiger partial charge in [-0.2, -0.15) is 0 Å². The summed E-state index contributed by atoms with van der Waals surface area (Å²) in [6, 6.07) is 18.7. The van der Waals surface area contributed by atoms with Crippen LogP contribution in [0.5, 0.6) is 5.75 Å². The number of hydrogen-bond donors (Lipinski definition) is 0. The van der Waals surface area contributed by atoms with Crippen molar-refractivity contribution < 1.29 is 28.5 Å². The maximum Gasteiger partial charge on any atom is 0.421 e. The lowest BCUT2D eigenvalue weighted by atomic mass is 9.91. The molecule has 148 valence electrons. The highest BCUT2D eigenvalue weighted by atomic mass is 16.8. The Kier molecular flexibility index (Phi) is 5.96. The van der Waals surface area contributed by atoms with E-state index in [0.717, 1.165) is 5.56 Å².